The van der Waals surface area contributed by atoms with Crippen molar-refractivity contribution in [1.29, 1.82) is 5.26 Å². The quantitative estimate of drug-likeness (QED) is 0.887. The second kappa shape index (κ2) is 4.33. The van der Waals surface area contributed by atoms with Gasteiger partial charge in [-0.1, -0.05) is 0 Å². The number of carbonyl (C=O) groups excluding carboxylic acids is 1. The minimum absolute atomic E-state index is 0.145. The van der Waals surface area contributed by atoms with E-state index in [-0.39, 0.29) is 5.91 Å². The Labute approximate surface area is 111 Å². The van der Waals surface area contributed by atoms with Gasteiger partial charge in [0.2, 0.25) is 5.91 Å². The van der Waals surface area contributed by atoms with Crippen molar-refractivity contribution >= 4 is 23.4 Å². The Morgan fingerprint density at radius 3 is 3.00 bits per heavy atom. The summed E-state index contributed by atoms with van der Waals surface area (Å²) in [7, 11) is 0. The van der Waals surface area contributed by atoms with E-state index in [4.69, 9.17) is 5.26 Å². The Balaban J connectivity index is 1.78. The summed E-state index contributed by atoms with van der Waals surface area (Å²) in [6.07, 6.45) is 3.65. The molecule has 1 N–H and O–H groups in total. The van der Waals surface area contributed by atoms with Crippen LogP contribution in [0.5, 0.6) is 0 Å². The third-order valence-electron chi connectivity index (χ3n) is 3.57. The lowest BCUT2D eigenvalue weighted by molar-refractivity contribution is -0.119. The molecule has 2 aliphatic rings. The zero-order chi connectivity index (χ0) is 12.6. The van der Waals surface area contributed by atoms with Crippen LogP contribution in [0.3, 0.4) is 0 Å². The molecule has 1 heterocycles. The van der Waals surface area contributed by atoms with E-state index in [0.29, 0.717) is 12.8 Å². The molecule has 18 heavy (non-hydrogen) atoms. The molecule has 0 saturated heterocycles. The summed E-state index contributed by atoms with van der Waals surface area (Å²) in [6, 6.07) is 8.17. The molecular formula is C14H14N2OS. The van der Waals surface area contributed by atoms with Gasteiger partial charge in [-0.05, 0) is 55.2 Å². The first-order valence-electron chi connectivity index (χ1n) is 6.22. The molecule has 0 unspecified atom stereocenters. The largest absolute Gasteiger partial charge is 0.325 e. The van der Waals surface area contributed by atoms with E-state index in [1.807, 2.05) is 23.9 Å². The SMILES string of the molecule is N#CC1(C(=O)Nc2ccc3c(c2)CCCS3)CC1. The maximum atomic E-state index is 12.0. The summed E-state index contributed by atoms with van der Waals surface area (Å²) in [6.45, 7) is 0. The highest BCUT2D eigenvalue weighted by Crippen LogP contribution is 2.45. The van der Waals surface area contributed by atoms with Gasteiger partial charge in [0.25, 0.3) is 0 Å². The average molecular weight is 258 g/mol. The number of rotatable bonds is 2. The van der Waals surface area contributed by atoms with Crippen LogP contribution in [0.1, 0.15) is 24.8 Å². The van der Waals surface area contributed by atoms with Gasteiger partial charge in [0.1, 0.15) is 5.41 Å². The van der Waals surface area contributed by atoms with Crippen molar-refractivity contribution in [2.24, 2.45) is 5.41 Å². The second-order valence-electron chi connectivity index (χ2n) is 4.92. The molecule has 1 amide bonds. The van der Waals surface area contributed by atoms with Crippen LogP contribution in [0.15, 0.2) is 23.1 Å². The van der Waals surface area contributed by atoms with Crippen molar-refractivity contribution in [3.63, 3.8) is 0 Å². The van der Waals surface area contributed by atoms with E-state index in [9.17, 15) is 4.79 Å². The second-order valence-corrected chi connectivity index (χ2v) is 6.06. The number of nitrogens with zero attached hydrogens (tertiary/aromatic N) is 1. The van der Waals surface area contributed by atoms with Crippen molar-refractivity contribution in [3.8, 4) is 6.07 Å². The van der Waals surface area contributed by atoms with E-state index in [1.165, 1.54) is 22.6 Å². The smallest absolute Gasteiger partial charge is 0.244 e. The maximum Gasteiger partial charge on any atom is 0.244 e. The van der Waals surface area contributed by atoms with Crippen molar-refractivity contribution in [1.82, 2.24) is 0 Å². The van der Waals surface area contributed by atoms with Crippen molar-refractivity contribution < 1.29 is 4.79 Å². The van der Waals surface area contributed by atoms with Crippen LogP contribution in [-0.4, -0.2) is 11.7 Å². The molecular weight excluding hydrogens is 244 g/mol. The van der Waals surface area contributed by atoms with Crippen molar-refractivity contribution in [2.45, 2.75) is 30.6 Å². The number of fused-ring (bicyclic) bond motifs is 1. The molecule has 1 aliphatic carbocycles. The molecule has 3 rings (SSSR count). The fourth-order valence-corrected chi connectivity index (χ4v) is 3.22. The van der Waals surface area contributed by atoms with Gasteiger partial charge in [0.05, 0.1) is 6.07 Å². The lowest BCUT2D eigenvalue weighted by Crippen LogP contribution is -2.22. The number of aryl methyl sites for hydroxylation is 1. The van der Waals surface area contributed by atoms with Gasteiger partial charge < -0.3 is 5.32 Å². The number of benzene rings is 1. The van der Waals surface area contributed by atoms with Gasteiger partial charge in [-0.3, -0.25) is 4.79 Å². The van der Waals surface area contributed by atoms with Crippen molar-refractivity contribution in [3.05, 3.63) is 23.8 Å². The Bertz CT molecular complexity index is 543. The van der Waals surface area contributed by atoms with Crippen LogP contribution < -0.4 is 5.32 Å². The number of hydrogen-bond acceptors (Lipinski definition) is 3. The first-order chi connectivity index (χ1) is 8.73. The Morgan fingerprint density at radius 2 is 2.28 bits per heavy atom. The number of hydrogen-bond donors (Lipinski definition) is 1. The average Bonchev–Trinajstić information content (AvgIpc) is 3.19. The first-order valence-corrected chi connectivity index (χ1v) is 7.20. The van der Waals surface area contributed by atoms with E-state index in [0.717, 1.165) is 12.1 Å². The van der Waals surface area contributed by atoms with Gasteiger partial charge in [0.15, 0.2) is 0 Å². The topological polar surface area (TPSA) is 52.9 Å². The minimum atomic E-state index is -0.745. The van der Waals surface area contributed by atoms with Crippen LogP contribution in [-0.2, 0) is 11.2 Å². The highest BCUT2D eigenvalue weighted by molar-refractivity contribution is 7.99. The third-order valence-corrected chi connectivity index (χ3v) is 4.77. The van der Waals surface area contributed by atoms with Gasteiger partial charge >= 0.3 is 0 Å². The van der Waals surface area contributed by atoms with E-state index >= 15 is 0 Å². The van der Waals surface area contributed by atoms with Crippen LogP contribution in [0, 0.1) is 16.7 Å². The Morgan fingerprint density at radius 1 is 1.44 bits per heavy atom. The van der Waals surface area contributed by atoms with E-state index in [2.05, 4.69) is 17.5 Å². The third kappa shape index (κ3) is 1.99. The summed E-state index contributed by atoms with van der Waals surface area (Å²) < 4.78 is 0. The zero-order valence-corrected chi connectivity index (χ0v) is 10.8. The fraction of sp³-hybridized carbons (Fsp3) is 0.429. The Kier molecular flexibility index (Phi) is 2.79. The van der Waals surface area contributed by atoms with Gasteiger partial charge in [-0.15, -0.1) is 11.8 Å². The van der Waals surface area contributed by atoms with Crippen LogP contribution in [0.2, 0.25) is 0 Å². The van der Waals surface area contributed by atoms with Gasteiger partial charge in [0, 0.05) is 10.6 Å². The molecule has 92 valence electrons. The standard InChI is InChI=1S/C14H14N2OS/c15-9-14(5-6-14)13(17)16-11-3-4-12-10(8-11)2-1-7-18-12/h3-4,8H,1-2,5-7H2,(H,16,17). The number of thioether (sulfide) groups is 1. The van der Waals surface area contributed by atoms with E-state index in [1.54, 1.807) is 0 Å². The van der Waals surface area contributed by atoms with Gasteiger partial charge in [-0.25, -0.2) is 0 Å². The molecule has 0 bridgehead atoms. The van der Waals surface area contributed by atoms with Crippen LogP contribution >= 0.6 is 11.8 Å². The molecule has 0 aromatic heterocycles. The summed E-state index contributed by atoms with van der Waals surface area (Å²) in [5.41, 5.74) is 1.39. The molecule has 1 aromatic rings. The molecule has 0 spiro atoms. The van der Waals surface area contributed by atoms with Gasteiger partial charge in [-0.2, -0.15) is 5.26 Å². The number of carbonyl (C=O) groups is 1. The summed E-state index contributed by atoms with van der Waals surface area (Å²) in [4.78, 5) is 13.3. The van der Waals surface area contributed by atoms with Crippen molar-refractivity contribution in [2.75, 3.05) is 11.1 Å². The highest BCUT2D eigenvalue weighted by atomic mass is 32.2. The molecule has 1 fully saturated rings. The molecule has 0 radical (unpaired) electrons. The fourth-order valence-electron chi connectivity index (χ4n) is 2.20. The van der Waals surface area contributed by atoms with Crippen LogP contribution in [0.25, 0.3) is 0 Å². The Hall–Kier alpha value is -1.47. The zero-order valence-electron chi connectivity index (χ0n) is 10.0. The number of anilines is 1. The normalized spacial score (nSPS) is 19.5. The minimum Gasteiger partial charge on any atom is -0.325 e. The number of nitriles is 1. The number of nitrogens with one attached hydrogen (secondary N) is 1. The lowest BCUT2D eigenvalue weighted by atomic mass is 10.1. The maximum absolute atomic E-state index is 12.0. The van der Waals surface area contributed by atoms with Crippen LogP contribution in [0.4, 0.5) is 5.69 Å². The van der Waals surface area contributed by atoms with E-state index < -0.39 is 5.41 Å². The monoisotopic (exact) mass is 258 g/mol. The summed E-state index contributed by atoms with van der Waals surface area (Å²) >= 11 is 1.87. The molecule has 1 saturated carbocycles. The molecule has 3 nitrogen and oxygen atoms in total. The predicted molar refractivity (Wildman–Crippen MR) is 71.4 cm³/mol. The summed E-state index contributed by atoms with van der Waals surface area (Å²) in [5, 5.41) is 11.9. The number of amides is 1. The molecule has 4 heteroatoms. The molecule has 1 aromatic carbocycles. The predicted octanol–water partition coefficient (Wildman–Crippen LogP) is 2.97. The summed E-state index contributed by atoms with van der Waals surface area (Å²) in [5.74, 6) is 1.03. The first kappa shape index (κ1) is 11.6. The molecule has 0 atom stereocenters. The lowest BCUT2D eigenvalue weighted by Gasteiger charge is -2.16. The highest BCUT2D eigenvalue weighted by Gasteiger charge is 2.50. The molecule has 1 aliphatic heterocycles.